The monoisotopic (exact) mass is 649 g/mol. The number of hydrogen-bond acceptors (Lipinski definition) is 13. The molecule has 0 amide bonds. The number of fused-ring (bicyclic) bond motifs is 1. The SMILES string of the molecule is C#C[C@@H](O)[C@@H](O[C@@H](CO)COC(Cc1ccc(NCCN(C)CC(=O)O)cc1)(C(=O)O)C(=O)O)n1cnc2c(N)nc(Cl)nc21. The van der Waals surface area contributed by atoms with Gasteiger partial charge in [0, 0.05) is 25.2 Å². The molecule has 3 aromatic rings. The molecule has 0 saturated heterocycles. The molecule has 45 heavy (non-hydrogen) atoms. The molecule has 17 nitrogen and oxygen atoms in total. The molecule has 0 saturated carbocycles. The summed E-state index contributed by atoms with van der Waals surface area (Å²) in [6, 6.07) is 6.22. The van der Waals surface area contributed by atoms with Crippen molar-refractivity contribution in [1.29, 1.82) is 0 Å². The maximum atomic E-state index is 12.3. The summed E-state index contributed by atoms with van der Waals surface area (Å²) in [6.07, 6.45) is 1.46. The average molecular weight is 650 g/mol. The lowest BCUT2D eigenvalue weighted by Crippen LogP contribution is -2.52. The summed E-state index contributed by atoms with van der Waals surface area (Å²) in [6.45, 7) is -0.824. The third-order valence-corrected chi connectivity index (χ3v) is 6.68. The van der Waals surface area contributed by atoms with Crippen LogP contribution >= 0.6 is 11.6 Å². The number of carboxylic acid groups (broad SMARTS) is 3. The van der Waals surface area contributed by atoms with Gasteiger partial charge in [-0.3, -0.25) is 14.3 Å². The lowest BCUT2D eigenvalue weighted by Gasteiger charge is -2.30. The Balaban J connectivity index is 1.76. The number of rotatable bonds is 18. The van der Waals surface area contributed by atoms with E-state index in [1.165, 1.54) is 23.0 Å². The summed E-state index contributed by atoms with van der Waals surface area (Å²) in [5.74, 6) is -2.56. The Morgan fingerprint density at radius 1 is 1.20 bits per heavy atom. The molecule has 0 spiro atoms. The van der Waals surface area contributed by atoms with Gasteiger partial charge in [-0.15, -0.1) is 6.42 Å². The first-order valence-electron chi connectivity index (χ1n) is 13.2. The minimum atomic E-state index is -2.79. The molecule has 0 fully saturated rings. The van der Waals surface area contributed by atoms with Crippen LogP contribution in [0.4, 0.5) is 11.5 Å². The van der Waals surface area contributed by atoms with Gasteiger partial charge >= 0.3 is 17.9 Å². The summed E-state index contributed by atoms with van der Waals surface area (Å²) < 4.78 is 12.4. The smallest absolute Gasteiger partial charge is 0.348 e. The number of terminal acetylenes is 1. The van der Waals surface area contributed by atoms with E-state index in [1.54, 1.807) is 24.1 Å². The summed E-state index contributed by atoms with van der Waals surface area (Å²) in [5, 5.41) is 52.1. The van der Waals surface area contributed by atoms with Gasteiger partial charge in [0.2, 0.25) is 5.28 Å². The van der Waals surface area contributed by atoms with Crippen molar-refractivity contribution in [2.24, 2.45) is 0 Å². The van der Waals surface area contributed by atoms with E-state index in [4.69, 9.17) is 38.3 Å². The van der Waals surface area contributed by atoms with Crippen LogP contribution in [-0.2, 0) is 30.3 Å². The Kier molecular flexibility index (Phi) is 12.0. The number of nitrogen functional groups attached to an aromatic ring is 1. The molecule has 2 aromatic heterocycles. The van der Waals surface area contributed by atoms with Crippen LogP contribution in [0.15, 0.2) is 30.6 Å². The molecule has 0 aliphatic heterocycles. The van der Waals surface area contributed by atoms with Crippen LogP contribution in [-0.4, -0.2) is 126 Å². The minimum Gasteiger partial charge on any atom is -0.480 e. The molecule has 0 bridgehead atoms. The summed E-state index contributed by atoms with van der Waals surface area (Å²) in [4.78, 5) is 48.9. The molecule has 242 valence electrons. The van der Waals surface area contributed by atoms with E-state index in [2.05, 4.69) is 26.2 Å². The second-order valence-corrected chi connectivity index (χ2v) is 10.2. The number of anilines is 2. The normalized spacial score (nSPS) is 13.7. The van der Waals surface area contributed by atoms with Gasteiger partial charge < -0.3 is 46.1 Å². The summed E-state index contributed by atoms with van der Waals surface area (Å²) in [5.41, 5.74) is 4.11. The fourth-order valence-electron chi connectivity index (χ4n) is 4.18. The van der Waals surface area contributed by atoms with Crippen LogP contribution in [0.2, 0.25) is 5.28 Å². The van der Waals surface area contributed by atoms with Gasteiger partial charge in [0.15, 0.2) is 23.8 Å². The number of aromatic nitrogens is 4. The van der Waals surface area contributed by atoms with Crippen molar-refractivity contribution in [2.45, 2.75) is 30.5 Å². The van der Waals surface area contributed by atoms with Crippen LogP contribution in [0.25, 0.3) is 11.2 Å². The predicted molar refractivity (Wildman–Crippen MR) is 158 cm³/mol. The van der Waals surface area contributed by atoms with Crippen LogP contribution in [0.1, 0.15) is 11.8 Å². The highest BCUT2D eigenvalue weighted by Gasteiger charge is 2.49. The van der Waals surface area contributed by atoms with Gasteiger partial charge in [0.1, 0.15) is 11.6 Å². The van der Waals surface area contributed by atoms with Crippen molar-refractivity contribution < 1.29 is 49.4 Å². The zero-order chi connectivity index (χ0) is 33.3. The van der Waals surface area contributed by atoms with Gasteiger partial charge in [0.05, 0.1) is 26.1 Å². The molecule has 0 unspecified atom stereocenters. The topological polar surface area (TPSA) is 256 Å². The van der Waals surface area contributed by atoms with Crippen molar-refractivity contribution in [2.75, 3.05) is 50.9 Å². The number of aliphatic carboxylic acids is 3. The number of carbonyl (C=O) groups is 3. The molecule has 2 heterocycles. The third-order valence-electron chi connectivity index (χ3n) is 6.51. The first kappa shape index (κ1) is 34.9. The molecule has 18 heteroatoms. The number of carboxylic acids is 3. The lowest BCUT2D eigenvalue weighted by molar-refractivity contribution is -0.195. The standard InChI is InChI=1S/C27H32ClN7O10/c1-3-18(37)23(35-14-31-20-21(29)32-26(28)33-22(20)35)45-17(12-36)13-44-27(24(40)41,25(42)43)10-15-4-6-16(7-5-15)30-8-9-34(2)11-19(38)39/h1,4-7,14,17-18,23,30,36-37H,8-13H2,2H3,(H,38,39)(H,40,41)(H,42,43)(H2,29,32,33)/t17-,18+,23+/m0/s1. The predicted octanol–water partition coefficient (Wildman–Crippen LogP) is -0.472. The number of hydrogen-bond donors (Lipinski definition) is 7. The second-order valence-electron chi connectivity index (χ2n) is 9.82. The van der Waals surface area contributed by atoms with Gasteiger partial charge in [-0.1, -0.05) is 18.1 Å². The average Bonchev–Trinajstić information content (AvgIpc) is 3.40. The number of halogens is 1. The van der Waals surface area contributed by atoms with Crippen LogP contribution < -0.4 is 11.1 Å². The van der Waals surface area contributed by atoms with Crippen molar-refractivity contribution in [3.8, 4) is 12.3 Å². The van der Waals surface area contributed by atoms with E-state index in [-0.39, 0.29) is 28.8 Å². The Hall–Kier alpha value is -4.57. The fourth-order valence-corrected chi connectivity index (χ4v) is 4.36. The zero-order valence-corrected chi connectivity index (χ0v) is 24.7. The summed E-state index contributed by atoms with van der Waals surface area (Å²) in [7, 11) is 1.65. The molecule has 0 radical (unpaired) electrons. The van der Waals surface area contributed by atoms with Crippen molar-refractivity contribution in [3.05, 3.63) is 41.4 Å². The van der Waals surface area contributed by atoms with E-state index in [9.17, 15) is 34.8 Å². The second kappa shape index (κ2) is 15.4. The molecule has 1 aromatic carbocycles. The van der Waals surface area contributed by atoms with Crippen molar-refractivity contribution in [3.63, 3.8) is 0 Å². The molecule has 3 atom stereocenters. The number of aliphatic hydroxyl groups is 2. The van der Waals surface area contributed by atoms with E-state index < -0.39 is 61.6 Å². The highest BCUT2D eigenvalue weighted by molar-refractivity contribution is 6.28. The number of nitrogens with two attached hydrogens (primary N) is 1. The quantitative estimate of drug-likeness (QED) is 0.0522. The molecule has 0 aliphatic rings. The minimum absolute atomic E-state index is 0.0278. The Bertz CT molecular complexity index is 1530. The van der Waals surface area contributed by atoms with E-state index in [1.807, 2.05) is 0 Å². The van der Waals surface area contributed by atoms with Crippen molar-refractivity contribution >= 4 is 52.2 Å². The van der Waals surface area contributed by atoms with Crippen LogP contribution in [0.5, 0.6) is 0 Å². The lowest BCUT2D eigenvalue weighted by atomic mass is 9.94. The highest BCUT2D eigenvalue weighted by atomic mass is 35.5. The van der Waals surface area contributed by atoms with Gasteiger partial charge in [-0.2, -0.15) is 9.97 Å². The maximum absolute atomic E-state index is 12.3. The van der Waals surface area contributed by atoms with E-state index in [0.29, 0.717) is 24.3 Å². The molecule has 3 rings (SSSR count). The highest BCUT2D eigenvalue weighted by Crippen LogP contribution is 2.27. The largest absolute Gasteiger partial charge is 0.480 e. The maximum Gasteiger partial charge on any atom is 0.348 e. The number of aliphatic hydroxyl groups excluding tert-OH is 2. The Morgan fingerprint density at radius 3 is 2.44 bits per heavy atom. The van der Waals surface area contributed by atoms with Crippen LogP contribution in [0.3, 0.4) is 0 Å². The number of imidazole rings is 1. The Labute approximate surface area is 261 Å². The third kappa shape index (κ3) is 8.76. The molecular weight excluding hydrogens is 618 g/mol. The number of ether oxygens (including phenoxy) is 2. The van der Waals surface area contributed by atoms with E-state index in [0.717, 1.165) is 0 Å². The summed E-state index contributed by atoms with van der Waals surface area (Å²) >= 11 is 5.91. The number of likely N-dealkylation sites (N-methyl/N-ethyl adjacent to an activating group) is 1. The fraction of sp³-hybridized carbons (Fsp3) is 0.407. The molecule has 8 N–H and O–H groups in total. The zero-order valence-electron chi connectivity index (χ0n) is 23.9. The van der Waals surface area contributed by atoms with Gasteiger partial charge in [-0.05, 0) is 36.3 Å². The first-order chi connectivity index (χ1) is 21.3. The Morgan fingerprint density at radius 2 is 1.87 bits per heavy atom. The van der Waals surface area contributed by atoms with Crippen LogP contribution in [0, 0.1) is 12.3 Å². The van der Waals surface area contributed by atoms with Crippen molar-refractivity contribution in [1.82, 2.24) is 24.4 Å². The van der Waals surface area contributed by atoms with Gasteiger partial charge in [-0.25, -0.2) is 14.6 Å². The number of benzene rings is 1. The number of nitrogens with one attached hydrogen (secondary N) is 1. The first-order valence-corrected chi connectivity index (χ1v) is 13.6. The number of nitrogens with zero attached hydrogens (tertiary/aromatic N) is 5. The van der Waals surface area contributed by atoms with Gasteiger partial charge in [0.25, 0.3) is 5.60 Å². The molecule has 0 aliphatic carbocycles. The molecular formula is C27H32ClN7O10. The van der Waals surface area contributed by atoms with E-state index >= 15 is 0 Å².